The van der Waals surface area contributed by atoms with Gasteiger partial charge in [0.15, 0.2) is 0 Å². The highest BCUT2D eigenvalue weighted by Crippen LogP contribution is 2.20. The van der Waals surface area contributed by atoms with Gasteiger partial charge in [0.25, 0.3) is 0 Å². The summed E-state index contributed by atoms with van der Waals surface area (Å²) in [5.41, 5.74) is 12.2. The summed E-state index contributed by atoms with van der Waals surface area (Å²) in [7, 11) is 0. The molecule has 0 bridgehead atoms. The second-order valence-corrected chi connectivity index (χ2v) is 2.22. The molecule has 0 unspecified atom stereocenters. The molecule has 1 aromatic carbocycles. The fourth-order valence-electron chi connectivity index (χ4n) is 0.809. The summed E-state index contributed by atoms with van der Waals surface area (Å²) in [5, 5.41) is 0. The van der Waals surface area contributed by atoms with Crippen LogP contribution in [0.2, 0.25) is 0 Å². The lowest BCUT2D eigenvalue weighted by molar-refractivity contribution is 0.340. The minimum absolute atomic E-state index is 0. The van der Waals surface area contributed by atoms with Crippen molar-refractivity contribution >= 4 is 11.4 Å². The first-order chi connectivity index (χ1) is 5.24. The Morgan fingerprint density at radius 1 is 1.36 bits per heavy atom. The summed E-state index contributed by atoms with van der Waals surface area (Å²) >= 11 is 0. The van der Waals surface area contributed by atoms with Crippen LogP contribution in [0.3, 0.4) is 0 Å². The average molecular weight is 153 g/mol. The number of rotatable bonds is 2. The molecule has 0 radical (unpaired) electrons. The van der Waals surface area contributed by atoms with Gasteiger partial charge in [-0.1, -0.05) is 0 Å². The van der Waals surface area contributed by atoms with Crippen molar-refractivity contribution in [3.05, 3.63) is 18.2 Å². The van der Waals surface area contributed by atoms with Crippen molar-refractivity contribution in [3.63, 3.8) is 0 Å². The van der Waals surface area contributed by atoms with Gasteiger partial charge < -0.3 is 16.2 Å². The van der Waals surface area contributed by atoms with E-state index in [2.05, 4.69) is 0 Å². The Labute approximate surface area is 67.4 Å². The molecule has 0 atom stereocenters. The highest BCUT2D eigenvalue weighted by molar-refractivity contribution is 5.65. The number of hydrogen-bond donors (Lipinski definition) is 2. The lowest BCUT2D eigenvalue weighted by atomic mass is 10.2. The first kappa shape index (κ1) is 7.72. The summed E-state index contributed by atoms with van der Waals surface area (Å²) in [5.74, 6) is 0.763. The molecule has 0 saturated carbocycles. The van der Waals surface area contributed by atoms with E-state index in [-0.39, 0.29) is 1.43 Å². The molecule has 3 nitrogen and oxygen atoms in total. The van der Waals surface area contributed by atoms with Gasteiger partial charge in [0.1, 0.15) is 5.75 Å². The molecule has 4 N–H and O–H groups in total. The molecule has 0 saturated heterocycles. The molecule has 0 spiro atoms. The van der Waals surface area contributed by atoms with Crippen LogP contribution in [-0.4, -0.2) is 6.61 Å². The van der Waals surface area contributed by atoms with E-state index in [9.17, 15) is 0 Å². The fraction of sp³-hybridized carbons (Fsp3) is 0.250. The number of hydrogen-bond acceptors (Lipinski definition) is 3. The third-order valence-electron chi connectivity index (χ3n) is 1.37. The molecule has 1 aromatic rings. The number of nitrogen functional groups attached to an aromatic ring is 2. The van der Waals surface area contributed by atoms with Gasteiger partial charge in [-0.2, -0.15) is 0 Å². The lowest BCUT2D eigenvalue weighted by Crippen LogP contribution is -1.96. The third kappa shape index (κ3) is 1.77. The van der Waals surface area contributed by atoms with E-state index in [0.29, 0.717) is 18.0 Å². The zero-order valence-corrected chi connectivity index (χ0v) is 6.50. The van der Waals surface area contributed by atoms with Crippen LogP contribution in [0.25, 0.3) is 0 Å². The topological polar surface area (TPSA) is 61.3 Å². The monoisotopic (exact) mass is 153 g/mol. The van der Waals surface area contributed by atoms with Gasteiger partial charge in [-0.05, 0) is 19.1 Å². The first-order valence-corrected chi connectivity index (χ1v) is 3.52. The Hall–Kier alpha value is -1.38. The van der Waals surface area contributed by atoms with Crippen molar-refractivity contribution in [2.45, 2.75) is 6.92 Å². The molecule has 0 amide bonds. The van der Waals surface area contributed by atoms with Crippen molar-refractivity contribution in [2.24, 2.45) is 0 Å². The first-order valence-electron chi connectivity index (χ1n) is 3.52. The summed E-state index contributed by atoms with van der Waals surface area (Å²) in [6.07, 6.45) is 0. The molecule has 0 aliphatic heterocycles. The van der Waals surface area contributed by atoms with Crippen LogP contribution >= 0.6 is 0 Å². The summed E-state index contributed by atoms with van der Waals surface area (Å²) < 4.78 is 5.21. The number of ether oxygens (including phenoxy) is 1. The minimum atomic E-state index is 0. The molecule has 0 aliphatic carbocycles. The van der Waals surface area contributed by atoms with Crippen molar-refractivity contribution < 1.29 is 6.16 Å². The average Bonchev–Trinajstić information content (AvgIpc) is 1.98. The summed E-state index contributed by atoms with van der Waals surface area (Å²) in [4.78, 5) is 0. The number of benzene rings is 1. The maximum Gasteiger partial charge on any atom is 1.00 e. The molecular formula is C8H13N2O+. The summed E-state index contributed by atoms with van der Waals surface area (Å²) in [6.45, 7) is 2.57. The lowest BCUT2D eigenvalue weighted by Gasteiger charge is -2.04. The molecule has 1 rings (SSSR count). The van der Waals surface area contributed by atoms with Crippen LogP contribution in [0.5, 0.6) is 5.75 Å². The highest BCUT2D eigenvalue weighted by Gasteiger charge is 1.95. The van der Waals surface area contributed by atoms with Crippen molar-refractivity contribution in [3.8, 4) is 5.75 Å². The Morgan fingerprint density at radius 3 is 2.64 bits per heavy atom. The minimum Gasteiger partial charge on any atom is -0.494 e. The van der Waals surface area contributed by atoms with Crippen LogP contribution in [0.15, 0.2) is 18.2 Å². The third-order valence-corrected chi connectivity index (χ3v) is 1.37. The smallest absolute Gasteiger partial charge is 0.494 e. The van der Waals surface area contributed by atoms with Gasteiger partial charge in [0, 0.05) is 6.07 Å². The van der Waals surface area contributed by atoms with Crippen LogP contribution < -0.4 is 16.2 Å². The van der Waals surface area contributed by atoms with Crippen LogP contribution in [-0.2, 0) is 0 Å². The van der Waals surface area contributed by atoms with E-state index < -0.39 is 0 Å². The van der Waals surface area contributed by atoms with Crippen molar-refractivity contribution in [1.82, 2.24) is 0 Å². The normalized spacial score (nSPS) is 9.55. The summed E-state index contributed by atoms with van der Waals surface area (Å²) in [6, 6.07) is 5.26. The molecule has 0 fully saturated rings. The molecule has 11 heavy (non-hydrogen) atoms. The van der Waals surface area contributed by atoms with E-state index in [0.717, 1.165) is 5.75 Å². The van der Waals surface area contributed by atoms with Crippen LogP contribution in [0.4, 0.5) is 11.4 Å². The Balaban J connectivity index is 0.00000121. The van der Waals surface area contributed by atoms with Crippen molar-refractivity contribution in [2.75, 3.05) is 18.1 Å². The van der Waals surface area contributed by atoms with Crippen LogP contribution in [0.1, 0.15) is 8.35 Å². The maximum absolute atomic E-state index is 5.55. The molecule has 0 aliphatic rings. The SMILES string of the molecule is CCOc1ccc(N)c(N)c1.[H+]. The fourth-order valence-corrected chi connectivity index (χ4v) is 0.809. The standard InChI is InChI=1S/C8H12N2O/c1-2-11-6-3-4-7(9)8(10)5-6/h3-5H,2,9-10H2,1H3/p+1. The second kappa shape index (κ2) is 3.14. The van der Waals surface area contributed by atoms with E-state index in [4.69, 9.17) is 16.2 Å². The highest BCUT2D eigenvalue weighted by atomic mass is 16.5. The van der Waals surface area contributed by atoms with Gasteiger partial charge in [0.05, 0.1) is 18.0 Å². The largest absolute Gasteiger partial charge is 1.00 e. The van der Waals surface area contributed by atoms with Gasteiger partial charge >= 0.3 is 1.43 Å². The van der Waals surface area contributed by atoms with Crippen molar-refractivity contribution in [1.29, 1.82) is 0 Å². The molecular weight excluding hydrogens is 140 g/mol. The molecule has 0 aromatic heterocycles. The van der Waals surface area contributed by atoms with Gasteiger partial charge in [-0.3, -0.25) is 0 Å². The number of anilines is 2. The Morgan fingerprint density at radius 2 is 2.09 bits per heavy atom. The van der Waals surface area contributed by atoms with E-state index >= 15 is 0 Å². The van der Waals surface area contributed by atoms with E-state index in [1.165, 1.54) is 0 Å². The van der Waals surface area contributed by atoms with Gasteiger partial charge in [-0.15, -0.1) is 0 Å². The zero-order valence-electron chi connectivity index (χ0n) is 7.50. The van der Waals surface area contributed by atoms with Gasteiger partial charge in [-0.25, -0.2) is 0 Å². The molecule has 0 heterocycles. The predicted octanol–water partition coefficient (Wildman–Crippen LogP) is 1.36. The predicted molar refractivity (Wildman–Crippen MR) is 47.5 cm³/mol. The maximum atomic E-state index is 5.55. The Kier molecular flexibility index (Phi) is 2.21. The molecule has 60 valence electrons. The number of nitrogens with two attached hydrogens (primary N) is 2. The van der Waals surface area contributed by atoms with E-state index in [1.807, 2.05) is 6.92 Å². The van der Waals surface area contributed by atoms with Crippen LogP contribution in [0, 0.1) is 0 Å². The zero-order chi connectivity index (χ0) is 8.27. The van der Waals surface area contributed by atoms with Gasteiger partial charge in [0.2, 0.25) is 0 Å². The molecule has 3 heteroatoms. The Bertz CT molecular complexity index is 253. The quantitative estimate of drug-likeness (QED) is 0.630. The second-order valence-electron chi connectivity index (χ2n) is 2.22. The van der Waals surface area contributed by atoms with E-state index in [1.54, 1.807) is 18.2 Å².